The van der Waals surface area contributed by atoms with Crippen LogP contribution >= 0.6 is 0 Å². The van der Waals surface area contributed by atoms with E-state index in [4.69, 9.17) is 4.74 Å². The van der Waals surface area contributed by atoms with Crippen molar-refractivity contribution in [3.8, 4) is 5.75 Å². The van der Waals surface area contributed by atoms with E-state index >= 15 is 0 Å². The number of amides is 1. The number of likely N-dealkylation sites (tertiary alicyclic amines) is 1. The van der Waals surface area contributed by atoms with Gasteiger partial charge in [-0.2, -0.15) is 0 Å². The molecule has 18 heavy (non-hydrogen) atoms. The maximum atomic E-state index is 12.7. The van der Waals surface area contributed by atoms with E-state index in [0.29, 0.717) is 11.3 Å². The third kappa shape index (κ3) is 2.30. The van der Waals surface area contributed by atoms with Gasteiger partial charge >= 0.3 is 0 Å². The molecule has 1 aromatic rings. The van der Waals surface area contributed by atoms with Gasteiger partial charge in [-0.25, -0.2) is 8.78 Å². The maximum absolute atomic E-state index is 12.7. The van der Waals surface area contributed by atoms with Crippen LogP contribution in [-0.4, -0.2) is 36.9 Å². The second kappa shape index (κ2) is 4.55. The molecular formula is C13H15F2NO2. The highest BCUT2D eigenvalue weighted by Gasteiger charge is 2.46. The van der Waals surface area contributed by atoms with Crippen molar-refractivity contribution in [2.45, 2.75) is 19.3 Å². The molecule has 0 saturated carbocycles. The highest BCUT2D eigenvalue weighted by atomic mass is 19.3. The van der Waals surface area contributed by atoms with Gasteiger partial charge in [0.25, 0.3) is 11.8 Å². The zero-order chi connectivity index (χ0) is 13.3. The molecule has 0 atom stereocenters. The Bertz CT molecular complexity index is 466. The number of hydrogen-bond donors (Lipinski definition) is 0. The first-order valence-corrected chi connectivity index (χ1v) is 5.81. The molecule has 0 N–H and O–H groups in total. The summed E-state index contributed by atoms with van der Waals surface area (Å²) in [4.78, 5) is 13.1. The predicted molar refractivity (Wildman–Crippen MR) is 63.2 cm³/mol. The van der Waals surface area contributed by atoms with Gasteiger partial charge in [-0.1, -0.05) is 13.0 Å². The van der Waals surface area contributed by atoms with Crippen LogP contribution in [0, 0.1) is 0 Å². The molecule has 1 fully saturated rings. The molecule has 2 rings (SSSR count). The summed E-state index contributed by atoms with van der Waals surface area (Å²) in [6.45, 7) is 0.989. The van der Waals surface area contributed by atoms with Crippen molar-refractivity contribution in [1.82, 2.24) is 4.90 Å². The van der Waals surface area contributed by atoms with E-state index in [1.54, 1.807) is 18.2 Å². The molecule has 0 radical (unpaired) electrons. The smallest absolute Gasteiger partial charge is 0.282 e. The number of aryl methyl sites for hydroxylation is 1. The lowest BCUT2D eigenvalue weighted by molar-refractivity contribution is -0.113. The molecule has 5 heteroatoms. The lowest BCUT2D eigenvalue weighted by Gasteiger charge is -2.38. The van der Waals surface area contributed by atoms with Crippen molar-refractivity contribution in [3.63, 3.8) is 0 Å². The van der Waals surface area contributed by atoms with Crippen LogP contribution in [0.1, 0.15) is 22.8 Å². The summed E-state index contributed by atoms with van der Waals surface area (Å²) in [5.41, 5.74) is 1.38. The van der Waals surface area contributed by atoms with Crippen LogP contribution < -0.4 is 4.74 Å². The Morgan fingerprint density at radius 3 is 2.61 bits per heavy atom. The van der Waals surface area contributed by atoms with E-state index in [1.165, 1.54) is 7.11 Å². The summed E-state index contributed by atoms with van der Waals surface area (Å²) in [7, 11) is 1.53. The Morgan fingerprint density at radius 2 is 2.11 bits per heavy atom. The first-order valence-electron chi connectivity index (χ1n) is 5.81. The third-order valence-electron chi connectivity index (χ3n) is 3.05. The largest absolute Gasteiger partial charge is 0.496 e. The minimum Gasteiger partial charge on any atom is -0.496 e. The summed E-state index contributed by atoms with van der Waals surface area (Å²) in [5, 5.41) is 0. The Kier molecular flexibility index (Phi) is 3.24. The molecule has 1 aliphatic heterocycles. The minimum atomic E-state index is -2.73. The lowest BCUT2D eigenvalue weighted by Crippen LogP contribution is -2.58. The Morgan fingerprint density at radius 1 is 1.44 bits per heavy atom. The predicted octanol–water partition coefficient (Wildman–Crippen LogP) is 2.35. The number of methoxy groups -OCH3 is 1. The summed E-state index contributed by atoms with van der Waals surface area (Å²) in [6, 6.07) is 5.06. The van der Waals surface area contributed by atoms with Crippen LogP contribution in [0.3, 0.4) is 0 Å². The lowest BCUT2D eigenvalue weighted by atomic mass is 10.0. The maximum Gasteiger partial charge on any atom is 0.282 e. The summed E-state index contributed by atoms with van der Waals surface area (Å²) >= 11 is 0. The summed E-state index contributed by atoms with van der Waals surface area (Å²) in [6.07, 6.45) is 0.791. The van der Waals surface area contributed by atoms with Crippen molar-refractivity contribution < 1.29 is 18.3 Å². The molecule has 0 unspecified atom stereocenters. The van der Waals surface area contributed by atoms with Crippen molar-refractivity contribution in [3.05, 3.63) is 29.3 Å². The monoisotopic (exact) mass is 255 g/mol. The van der Waals surface area contributed by atoms with Gasteiger partial charge < -0.3 is 9.64 Å². The molecule has 1 aromatic carbocycles. The normalized spacial score (nSPS) is 17.2. The highest BCUT2D eigenvalue weighted by molar-refractivity contribution is 5.95. The fourth-order valence-electron chi connectivity index (χ4n) is 2.01. The fourth-order valence-corrected chi connectivity index (χ4v) is 2.01. The number of halogens is 2. The van der Waals surface area contributed by atoms with E-state index in [9.17, 15) is 13.6 Å². The van der Waals surface area contributed by atoms with Crippen LogP contribution in [0.25, 0.3) is 0 Å². The van der Waals surface area contributed by atoms with Crippen LogP contribution in [0.4, 0.5) is 8.78 Å². The van der Waals surface area contributed by atoms with Crippen molar-refractivity contribution in [2.75, 3.05) is 20.2 Å². The second-order valence-electron chi connectivity index (χ2n) is 4.40. The quantitative estimate of drug-likeness (QED) is 0.829. The molecule has 1 aliphatic rings. The van der Waals surface area contributed by atoms with Gasteiger partial charge in [-0.3, -0.25) is 4.79 Å². The van der Waals surface area contributed by atoms with Gasteiger partial charge in [0.1, 0.15) is 5.75 Å². The number of benzene rings is 1. The van der Waals surface area contributed by atoms with E-state index in [0.717, 1.165) is 16.9 Å². The molecule has 3 nitrogen and oxygen atoms in total. The standard InChI is InChI=1S/C13H15F2NO2/c1-3-9-4-5-10(6-11(9)18-2)12(17)16-7-13(14,15)8-16/h4-6H,3,7-8H2,1-2H3. The van der Waals surface area contributed by atoms with Crippen molar-refractivity contribution >= 4 is 5.91 Å². The third-order valence-corrected chi connectivity index (χ3v) is 3.05. The molecule has 0 bridgehead atoms. The van der Waals surface area contributed by atoms with E-state index in [2.05, 4.69) is 0 Å². The fraction of sp³-hybridized carbons (Fsp3) is 0.462. The zero-order valence-electron chi connectivity index (χ0n) is 10.4. The average Bonchev–Trinajstić information content (AvgIpc) is 2.34. The molecule has 1 saturated heterocycles. The van der Waals surface area contributed by atoms with Crippen molar-refractivity contribution in [2.24, 2.45) is 0 Å². The number of carbonyl (C=O) groups is 1. The molecular weight excluding hydrogens is 240 g/mol. The highest BCUT2D eigenvalue weighted by Crippen LogP contribution is 2.29. The number of rotatable bonds is 3. The van der Waals surface area contributed by atoms with Gasteiger partial charge in [0.15, 0.2) is 0 Å². The molecule has 1 amide bonds. The Hall–Kier alpha value is -1.65. The molecule has 0 aliphatic carbocycles. The van der Waals surface area contributed by atoms with E-state index < -0.39 is 19.0 Å². The number of ether oxygens (including phenoxy) is 1. The zero-order valence-corrected chi connectivity index (χ0v) is 10.4. The summed E-state index contributed by atoms with van der Waals surface area (Å²) < 4.78 is 30.6. The van der Waals surface area contributed by atoms with Crippen LogP contribution in [0.15, 0.2) is 18.2 Å². The molecule has 98 valence electrons. The topological polar surface area (TPSA) is 29.5 Å². The van der Waals surface area contributed by atoms with Gasteiger partial charge in [0.05, 0.1) is 20.2 Å². The molecule has 0 aromatic heterocycles. The first kappa shape index (κ1) is 12.8. The first-order chi connectivity index (χ1) is 8.46. The van der Waals surface area contributed by atoms with Crippen molar-refractivity contribution in [1.29, 1.82) is 0 Å². The van der Waals surface area contributed by atoms with E-state index in [1.807, 2.05) is 6.92 Å². The summed E-state index contributed by atoms with van der Waals surface area (Å²) in [5.74, 6) is -2.49. The van der Waals surface area contributed by atoms with Gasteiger partial charge in [0, 0.05) is 5.56 Å². The van der Waals surface area contributed by atoms with Crippen LogP contribution in [0.5, 0.6) is 5.75 Å². The Balaban J connectivity index is 2.16. The average molecular weight is 255 g/mol. The SMILES string of the molecule is CCc1ccc(C(=O)N2CC(F)(F)C2)cc1OC. The minimum absolute atomic E-state index is 0.373. The number of nitrogens with zero attached hydrogens (tertiary/aromatic N) is 1. The second-order valence-corrected chi connectivity index (χ2v) is 4.40. The van der Waals surface area contributed by atoms with Crippen LogP contribution in [0.2, 0.25) is 0 Å². The van der Waals surface area contributed by atoms with Gasteiger partial charge in [-0.05, 0) is 24.1 Å². The van der Waals surface area contributed by atoms with Gasteiger partial charge in [0.2, 0.25) is 0 Å². The number of hydrogen-bond acceptors (Lipinski definition) is 2. The van der Waals surface area contributed by atoms with Gasteiger partial charge in [-0.15, -0.1) is 0 Å². The van der Waals surface area contributed by atoms with E-state index in [-0.39, 0.29) is 5.91 Å². The number of alkyl halides is 2. The molecule has 1 heterocycles. The molecule has 0 spiro atoms. The number of carbonyl (C=O) groups excluding carboxylic acids is 1. The van der Waals surface area contributed by atoms with Crippen LogP contribution in [-0.2, 0) is 6.42 Å². The Labute approximate surface area is 104 Å².